The predicted octanol–water partition coefficient (Wildman–Crippen LogP) is 4.39. The Hall–Kier alpha value is -3.14. The second kappa shape index (κ2) is 11.3. The Kier molecular flexibility index (Phi) is 8.22. The van der Waals surface area contributed by atoms with Gasteiger partial charge < -0.3 is 15.4 Å². The largest absolute Gasteiger partial charge is 0.457 e. The molecule has 0 saturated heterocycles. The van der Waals surface area contributed by atoms with Gasteiger partial charge >= 0.3 is 0 Å². The average Bonchev–Trinajstić information content (AvgIpc) is 3.20. The van der Waals surface area contributed by atoms with E-state index >= 15 is 0 Å². The summed E-state index contributed by atoms with van der Waals surface area (Å²) < 4.78 is 8.00. The van der Waals surface area contributed by atoms with Gasteiger partial charge in [-0.25, -0.2) is 4.99 Å². The van der Waals surface area contributed by atoms with E-state index in [4.69, 9.17) is 9.73 Å². The summed E-state index contributed by atoms with van der Waals surface area (Å²) in [4.78, 5) is 4.72. The molecule has 160 valence electrons. The molecule has 0 aliphatic heterocycles. The van der Waals surface area contributed by atoms with Crippen molar-refractivity contribution in [1.29, 1.82) is 0 Å². The minimum atomic E-state index is 0. The van der Waals surface area contributed by atoms with Crippen LogP contribution in [0.2, 0.25) is 0 Å². The summed E-state index contributed by atoms with van der Waals surface area (Å²) in [7, 11) is 0. The van der Waals surface area contributed by atoms with Gasteiger partial charge in [-0.3, -0.25) is 4.40 Å². The average molecular weight is 528 g/mol. The number of aromatic nitrogens is 3. The van der Waals surface area contributed by atoms with Crippen LogP contribution in [-0.4, -0.2) is 27.1 Å². The number of benzene rings is 2. The Balaban J connectivity index is 0.00000272. The van der Waals surface area contributed by atoms with Crippen LogP contribution in [0.3, 0.4) is 0 Å². The highest BCUT2D eigenvalue weighted by Gasteiger charge is 2.07. The Morgan fingerprint density at radius 3 is 2.55 bits per heavy atom. The maximum Gasteiger partial charge on any atom is 0.191 e. The van der Waals surface area contributed by atoms with Crippen LogP contribution in [0.25, 0.3) is 5.65 Å². The Labute approximate surface area is 198 Å². The first-order valence-corrected chi connectivity index (χ1v) is 9.95. The van der Waals surface area contributed by atoms with Gasteiger partial charge in [-0.05, 0) is 37.3 Å². The zero-order chi connectivity index (χ0) is 20.6. The fourth-order valence-corrected chi connectivity index (χ4v) is 3.03. The Bertz CT molecular complexity index is 1130. The number of hydrogen-bond acceptors (Lipinski definition) is 4. The molecule has 0 amide bonds. The Morgan fingerprint density at radius 1 is 0.935 bits per heavy atom. The number of para-hydroxylation sites is 2. The number of pyridine rings is 1. The molecule has 31 heavy (non-hydrogen) atoms. The van der Waals surface area contributed by atoms with Gasteiger partial charge in [0.1, 0.15) is 11.5 Å². The van der Waals surface area contributed by atoms with Crippen molar-refractivity contribution < 1.29 is 4.74 Å². The monoisotopic (exact) mass is 528 g/mol. The highest BCUT2D eigenvalue weighted by molar-refractivity contribution is 14.0. The molecule has 4 aromatic rings. The lowest BCUT2D eigenvalue weighted by molar-refractivity contribution is 0.476. The number of nitrogens with one attached hydrogen (secondary N) is 2. The number of aliphatic imine (C=N–C) groups is 1. The molecule has 2 heterocycles. The van der Waals surface area contributed by atoms with Crippen molar-refractivity contribution in [2.24, 2.45) is 4.99 Å². The molecule has 0 saturated carbocycles. The minimum Gasteiger partial charge on any atom is -0.457 e. The van der Waals surface area contributed by atoms with Crippen molar-refractivity contribution >= 4 is 35.6 Å². The first-order chi connectivity index (χ1) is 14.8. The van der Waals surface area contributed by atoms with Crippen molar-refractivity contribution in [3.8, 4) is 11.5 Å². The lowest BCUT2D eigenvalue weighted by Gasteiger charge is -2.12. The molecule has 0 spiro atoms. The molecule has 0 unspecified atom stereocenters. The maximum atomic E-state index is 6.04. The van der Waals surface area contributed by atoms with Gasteiger partial charge in [0.15, 0.2) is 17.4 Å². The molecule has 0 atom stereocenters. The van der Waals surface area contributed by atoms with Gasteiger partial charge in [-0.2, -0.15) is 0 Å². The van der Waals surface area contributed by atoms with Crippen LogP contribution in [-0.2, 0) is 13.1 Å². The number of rotatable bonds is 7. The molecule has 8 heteroatoms. The SMILES string of the molecule is CCNC(=NCc1ccccc1Oc1ccccc1)NCc1nnc2ccccn12.I. The third kappa shape index (κ3) is 5.94. The number of ether oxygens (including phenoxy) is 1. The van der Waals surface area contributed by atoms with Crippen molar-refractivity contribution in [3.63, 3.8) is 0 Å². The third-order valence-electron chi connectivity index (χ3n) is 4.49. The van der Waals surface area contributed by atoms with E-state index in [-0.39, 0.29) is 24.0 Å². The molecule has 0 bridgehead atoms. The second-order valence-corrected chi connectivity index (χ2v) is 6.62. The normalized spacial score (nSPS) is 11.1. The second-order valence-electron chi connectivity index (χ2n) is 6.62. The van der Waals surface area contributed by atoms with E-state index in [0.29, 0.717) is 19.0 Å². The number of hydrogen-bond donors (Lipinski definition) is 2. The van der Waals surface area contributed by atoms with E-state index in [2.05, 4.69) is 20.8 Å². The van der Waals surface area contributed by atoms with Gasteiger partial charge in [-0.1, -0.05) is 42.5 Å². The van der Waals surface area contributed by atoms with E-state index in [1.54, 1.807) is 0 Å². The smallest absolute Gasteiger partial charge is 0.191 e. The van der Waals surface area contributed by atoms with E-state index in [9.17, 15) is 0 Å². The number of guanidine groups is 1. The molecule has 2 aromatic carbocycles. The lowest BCUT2D eigenvalue weighted by atomic mass is 10.2. The fraction of sp³-hybridized carbons (Fsp3) is 0.174. The zero-order valence-electron chi connectivity index (χ0n) is 17.2. The summed E-state index contributed by atoms with van der Waals surface area (Å²) in [6.45, 7) is 3.79. The van der Waals surface area contributed by atoms with Crippen LogP contribution < -0.4 is 15.4 Å². The molecule has 7 nitrogen and oxygen atoms in total. The maximum absolute atomic E-state index is 6.04. The molecule has 2 N–H and O–H groups in total. The van der Waals surface area contributed by atoms with Gasteiger partial charge in [0.25, 0.3) is 0 Å². The first kappa shape index (κ1) is 22.5. The number of nitrogens with zero attached hydrogens (tertiary/aromatic N) is 4. The molecule has 0 fully saturated rings. The summed E-state index contributed by atoms with van der Waals surface area (Å²) >= 11 is 0. The minimum absolute atomic E-state index is 0. The van der Waals surface area contributed by atoms with Crippen LogP contribution in [0.1, 0.15) is 18.3 Å². The van der Waals surface area contributed by atoms with E-state index in [1.807, 2.05) is 90.3 Å². The molecular formula is C23H25IN6O. The quantitative estimate of drug-likeness (QED) is 0.212. The summed E-state index contributed by atoms with van der Waals surface area (Å²) in [5.41, 5.74) is 1.83. The van der Waals surface area contributed by atoms with E-state index in [0.717, 1.165) is 35.1 Å². The van der Waals surface area contributed by atoms with Crippen molar-refractivity contribution in [3.05, 3.63) is 90.4 Å². The molecule has 2 aromatic heterocycles. The topological polar surface area (TPSA) is 75.8 Å². The fourth-order valence-electron chi connectivity index (χ4n) is 3.03. The van der Waals surface area contributed by atoms with Crippen LogP contribution in [0.15, 0.2) is 84.0 Å². The van der Waals surface area contributed by atoms with E-state index < -0.39 is 0 Å². The van der Waals surface area contributed by atoms with Crippen LogP contribution in [0, 0.1) is 0 Å². The summed E-state index contributed by atoms with van der Waals surface area (Å²) in [5.74, 6) is 3.13. The van der Waals surface area contributed by atoms with Crippen LogP contribution in [0.5, 0.6) is 11.5 Å². The van der Waals surface area contributed by atoms with Crippen molar-refractivity contribution in [1.82, 2.24) is 25.2 Å². The number of fused-ring (bicyclic) bond motifs is 1. The summed E-state index contributed by atoms with van der Waals surface area (Å²) in [6.07, 6.45) is 1.95. The van der Waals surface area contributed by atoms with Crippen molar-refractivity contribution in [2.75, 3.05) is 6.54 Å². The number of halogens is 1. The highest BCUT2D eigenvalue weighted by Crippen LogP contribution is 2.25. The van der Waals surface area contributed by atoms with Gasteiger partial charge in [0.05, 0.1) is 13.1 Å². The molecule has 0 aliphatic rings. The summed E-state index contributed by atoms with van der Waals surface area (Å²) in [6, 6.07) is 23.5. The Morgan fingerprint density at radius 2 is 1.71 bits per heavy atom. The first-order valence-electron chi connectivity index (χ1n) is 9.95. The lowest BCUT2D eigenvalue weighted by Crippen LogP contribution is -2.37. The van der Waals surface area contributed by atoms with Crippen molar-refractivity contribution in [2.45, 2.75) is 20.0 Å². The van der Waals surface area contributed by atoms with Crippen LogP contribution in [0.4, 0.5) is 0 Å². The molecule has 0 radical (unpaired) electrons. The zero-order valence-corrected chi connectivity index (χ0v) is 19.6. The van der Waals surface area contributed by atoms with Gasteiger partial charge in [0, 0.05) is 18.3 Å². The highest BCUT2D eigenvalue weighted by atomic mass is 127. The molecule has 4 rings (SSSR count). The van der Waals surface area contributed by atoms with Gasteiger partial charge in [0.2, 0.25) is 0 Å². The van der Waals surface area contributed by atoms with Gasteiger partial charge in [-0.15, -0.1) is 34.2 Å². The van der Waals surface area contributed by atoms with E-state index in [1.165, 1.54) is 0 Å². The molecule has 0 aliphatic carbocycles. The van der Waals surface area contributed by atoms with Crippen LogP contribution >= 0.6 is 24.0 Å². The summed E-state index contributed by atoms with van der Waals surface area (Å²) in [5, 5.41) is 15.0. The third-order valence-corrected chi connectivity index (χ3v) is 4.49. The standard InChI is InChI=1S/C23H24N6O.HI/c1-2-24-23(26-17-22-28-27-21-14-8-9-15-29(21)22)25-16-18-10-6-7-13-20(18)30-19-11-4-3-5-12-19;/h3-15H,2,16-17H2,1H3,(H2,24,25,26);1H. The predicted molar refractivity (Wildman–Crippen MR) is 133 cm³/mol. The molecular weight excluding hydrogens is 503 g/mol.